The molecule has 1 aliphatic carbocycles. The Morgan fingerprint density at radius 3 is 2.44 bits per heavy atom. The molecule has 3 heterocycles. The van der Waals surface area contributed by atoms with Crippen LogP contribution in [0.3, 0.4) is 0 Å². The molecule has 144 valence electrons. The van der Waals surface area contributed by atoms with Crippen molar-refractivity contribution in [3.8, 4) is 0 Å². The quantitative estimate of drug-likeness (QED) is 0.799. The lowest BCUT2D eigenvalue weighted by molar-refractivity contribution is -0.187. The van der Waals surface area contributed by atoms with Gasteiger partial charge in [0.05, 0.1) is 25.0 Å². The van der Waals surface area contributed by atoms with Gasteiger partial charge in [0.25, 0.3) is 0 Å². The van der Waals surface area contributed by atoms with Crippen LogP contribution in [-0.4, -0.2) is 54.8 Å². The minimum absolute atomic E-state index is 0.113. The highest BCUT2D eigenvalue weighted by molar-refractivity contribution is 6.02. The molecule has 4 aliphatic rings. The van der Waals surface area contributed by atoms with Gasteiger partial charge in [-0.25, -0.2) is 0 Å². The Morgan fingerprint density at radius 2 is 1.70 bits per heavy atom. The monoisotopic (exact) mass is 370 g/mol. The number of anilines is 1. The molecule has 3 fully saturated rings. The molecule has 0 radical (unpaired) electrons. The van der Waals surface area contributed by atoms with Crippen LogP contribution in [0.4, 0.5) is 5.69 Å². The molecule has 0 aromatic heterocycles. The molecule has 3 atom stereocenters. The van der Waals surface area contributed by atoms with E-state index in [1.807, 2.05) is 28.0 Å². The third-order valence-electron chi connectivity index (χ3n) is 6.52. The van der Waals surface area contributed by atoms with Crippen molar-refractivity contribution in [1.82, 2.24) is 4.90 Å². The SMILES string of the molecule is CC1Cc2ccccc2N1C(=O)C1CC1C(=O)N1CCC2(CC1)OCCO2. The number of ether oxygens (including phenoxy) is 2. The number of nitrogens with zero attached hydrogens (tertiary/aromatic N) is 2. The normalized spacial score (nSPS) is 31.2. The predicted molar refractivity (Wildman–Crippen MR) is 99.1 cm³/mol. The number of para-hydroxylation sites is 1. The summed E-state index contributed by atoms with van der Waals surface area (Å²) < 4.78 is 11.5. The average Bonchev–Trinajstić information content (AvgIpc) is 3.24. The van der Waals surface area contributed by atoms with Gasteiger partial charge in [0.2, 0.25) is 11.8 Å². The molecule has 6 heteroatoms. The Kier molecular flexibility index (Phi) is 4.02. The van der Waals surface area contributed by atoms with Gasteiger partial charge in [0.1, 0.15) is 0 Å². The summed E-state index contributed by atoms with van der Waals surface area (Å²) >= 11 is 0. The highest BCUT2D eigenvalue weighted by atomic mass is 16.7. The van der Waals surface area contributed by atoms with E-state index in [1.165, 1.54) is 5.56 Å². The summed E-state index contributed by atoms with van der Waals surface area (Å²) in [5, 5.41) is 0. The molecule has 1 aromatic rings. The maximum Gasteiger partial charge on any atom is 0.231 e. The highest BCUT2D eigenvalue weighted by Crippen LogP contribution is 2.45. The van der Waals surface area contributed by atoms with Crippen molar-refractivity contribution in [2.45, 2.75) is 44.4 Å². The number of piperidine rings is 1. The van der Waals surface area contributed by atoms with E-state index in [9.17, 15) is 9.59 Å². The molecule has 27 heavy (non-hydrogen) atoms. The van der Waals surface area contributed by atoms with Crippen LogP contribution in [0.2, 0.25) is 0 Å². The van der Waals surface area contributed by atoms with Crippen LogP contribution in [0, 0.1) is 11.8 Å². The molecule has 0 bridgehead atoms. The summed E-state index contributed by atoms with van der Waals surface area (Å²) in [6.45, 7) is 4.67. The Labute approximate surface area is 159 Å². The van der Waals surface area contributed by atoms with E-state index < -0.39 is 5.79 Å². The van der Waals surface area contributed by atoms with Crippen molar-refractivity contribution in [1.29, 1.82) is 0 Å². The van der Waals surface area contributed by atoms with Gasteiger partial charge < -0.3 is 19.3 Å². The molecule has 1 aromatic carbocycles. The maximum atomic E-state index is 13.1. The molecular formula is C21H26N2O4. The number of hydrogen-bond donors (Lipinski definition) is 0. The van der Waals surface area contributed by atoms with E-state index in [0.29, 0.717) is 32.7 Å². The number of carbonyl (C=O) groups is 2. The van der Waals surface area contributed by atoms with Crippen LogP contribution in [0.15, 0.2) is 24.3 Å². The number of benzene rings is 1. The van der Waals surface area contributed by atoms with E-state index in [2.05, 4.69) is 13.0 Å². The van der Waals surface area contributed by atoms with E-state index in [-0.39, 0.29) is 29.7 Å². The Morgan fingerprint density at radius 1 is 1.04 bits per heavy atom. The topological polar surface area (TPSA) is 59.1 Å². The van der Waals surface area contributed by atoms with Crippen molar-refractivity contribution in [2.75, 3.05) is 31.2 Å². The van der Waals surface area contributed by atoms with Gasteiger partial charge >= 0.3 is 0 Å². The van der Waals surface area contributed by atoms with Crippen molar-refractivity contribution in [3.63, 3.8) is 0 Å². The summed E-state index contributed by atoms with van der Waals surface area (Å²) in [5.74, 6) is -0.550. The number of fused-ring (bicyclic) bond motifs is 1. The van der Waals surface area contributed by atoms with Crippen LogP contribution in [0.1, 0.15) is 31.7 Å². The number of carbonyl (C=O) groups excluding carboxylic acids is 2. The summed E-state index contributed by atoms with van der Waals surface area (Å²) in [6.07, 6.45) is 3.01. The summed E-state index contributed by atoms with van der Waals surface area (Å²) in [4.78, 5) is 29.8. The van der Waals surface area contributed by atoms with Crippen LogP contribution < -0.4 is 4.90 Å². The van der Waals surface area contributed by atoms with Gasteiger partial charge in [-0.2, -0.15) is 0 Å². The summed E-state index contributed by atoms with van der Waals surface area (Å²) in [7, 11) is 0. The minimum Gasteiger partial charge on any atom is -0.347 e. The van der Waals surface area contributed by atoms with Gasteiger partial charge in [0.15, 0.2) is 5.79 Å². The summed E-state index contributed by atoms with van der Waals surface area (Å²) in [6, 6.07) is 8.26. The van der Waals surface area contributed by atoms with Gasteiger partial charge in [-0.1, -0.05) is 18.2 Å². The zero-order valence-corrected chi connectivity index (χ0v) is 15.7. The van der Waals surface area contributed by atoms with Gasteiger partial charge in [-0.3, -0.25) is 9.59 Å². The fraction of sp³-hybridized carbons (Fsp3) is 0.619. The first-order valence-electron chi connectivity index (χ1n) is 10.1. The third-order valence-corrected chi connectivity index (χ3v) is 6.52. The van der Waals surface area contributed by atoms with Crippen LogP contribution >= 0.6 is 0 Å². The second-order valence-electron chi connectivity index (χ2n) is 8.27. The number of likely N-dealkylation sites (tertiary alicyclic amines) is 1. The first kappa shape index (κ1) is 17.2. The number of amides is 2. The Bertz CT molecular complexity index is 763. The van der Waals surface area contributed by atoms with Crippen LogP contribution in [0.5, 0.6) is 0 Å². The number of hydrogen-bond acceptors (Lipinski definition) is 4. The molecular weight excluding hydrogens is 344 g/mol. The molecule has 3 aliphatic heterocycles. The highest BCUT2D eigenvalue weighted by Gasteiger charge is 2.53. The van der Waals surface area contributed by atoms with Crippen molar-refractivity contribution >= 4 is 17.5 Å². The van der Waals surface area contributed by atoms with Crippen molar-refractivity contribution in [3.05, 3.63) is 29.8 Å². The van der Waals surface area contributed by atoms with Gasteiger partial charge in [0, 0.05) is 37.7 Å². The van der Waals surface area contributed by atoms with Gasteiger partial charge in [-0.05, 0) is 31.4 Å². The maximum absolute atomic E-state index is 13.1. The summed E-state index contributed by atoms with van der Waals surface area (Å²) in [5.41, 5.74) is 2.24. The van der Waals surface area contributed by atoms with Crippen LogP contribution in [0.25, 0.3) is 0 Å². The minimum atomic E-state index is -0.468. The van der Waals surface area contributed by atoms with Gasteiger partial charge in [-0.15, -0.1) is 0 Å². The average molecular weight is 370 g/mol. The molecule has 2 amide bonds. The number of rotatable bonds is 2. The molecule has 3 unspecified atom stereocenters. The second-order valence-corrected chi connectivity index (χ2v) is 8.27. The first-order chi connectivity index (χ1) is 13.1. The molecule has 1 saturated carbocycles. The first-order valence-corrected chi connectivity index (χ1v) is 10.1. The van der Waals surface area contributed by atoms with E-state index in [0.717, 1.165) is 24.9 Å². The van der Waals surface area contributed by atoms with Crippen molar-refractivity contribution < 1.29 is 19.1 Å². The van der Waals surface area contributed by atoms with E-state index >= 15 is 0 Å². The molecule has 6 nitrogen and oxygen atoms in total. The Balaban J connectivity index is 1.22. The third kappa shape index (κ3) is 2.86. The standard InChI is InChI=1S/C21H26N2O4/c1-14-12-15-4-2-3-5-18(15)23(14)20(25)17-13-16(17)19(24)22-8-6-21(7-9-22)26-10-11-27-21/h2-5,14,16-17H,6-13H2,1H3. The molecule has 1 spiro atoms. The molecule has 2 saturated heterocycles. The fourth-order valence-electron chi connectivity index (χ4n) is 4.91. The molecule has 5 rings (SSSR count). The van der Waals surface area contributed by atoms with E-state index in [4.69, 9.17) is 9.47 Å². The lowest BCUT2D eigenvalue weighted by Crippen LogP contribution is -2.48. The predicted octanol–water partition coefficient (Wildman–Crippen LogP) is 1.97. The lowest BCUT2D eigenvalue weighted by atomic mass is 10.0. The zero-order valence-electron chi connectivity index (χ0n) is 15.7. The smallest absolute Gasteiger partial charge is 0.231 e. The van der Waals surface area contributed by atoms with Crippen molar-refractivity contribution in [2.24, 2.45) is 11.8 Å². The second kappa shape index (κ2) is 6.31. The van der Waals surface area contributed by atoms with E-state index in [1.54, 1.807) is 0 Å². The fourth-order valence-corrected chi connectivity index (χ4v) is 4.91. The molecule has 0 N–H and O–H groups in total. The zero-order chi connectivity index (χ0) is 18.6. The van der Waals surface area contributed by atoms with Crippen LogP contribution in [-0.2, 0) is 25.5 Å². The largest absolute Gasteiger partial charge is 0.347 e. The lowest BCUT2D eigenvalue weighted by Gasteiger charge is -2.37. The Hall–Kier alpha value is -1.92.